The molecule has 0 aromatic heterocycles. The molecule has 1 aromatic rings. The zero-order valence-electron chi connectivity index (χ0n) is 9.90. The third-order valence-electron chi connectivity index (χ3n) is 2.92. The molecule has 3 N–H and O–H groups in total. The average Bonchev–Trinajstić information content (AvgIpc) is 2.39. The summed E-state index contributed by atoms with van der Waals surface area (Å²) in [7, 11) is 1.60. The van der Waals surface area contributed by atoms with Crippen molar-refractivity contribution in [2.75, 3.05) is 38.2 Å². The largest absolute Gasteiger partial charge is 0.495 e. The van der Waals surface area contributed by atoms with Crippen LogP contribution in [0.25, 0.3) is 0 Å². The van der Waals surface area contributed by atoms with E-state index in [9.17, 15) is 4.79 Å². The smallest absolute Gasteiger partial charge is 0.248 e. The van der Waals surface area contributed by atoms with Gasteiger partial charge in [-0.05, 0) is 18.2 Å². The van der Waals surface area contributed by atoms with Crippen LogP contribution in [-0.2, 0) is 0 Å². The summed E-state index contributed by atoms with van der Waals surface area (Å²) in [4.78, 5) is 13.3. The molecule has 1 saturated heterocycles. The van der Waals surface area contributed by atoms with Gasteiger partial charge in [0.1, 0.15) is 5.75 Å². The second-order valence-electron chi connectivity index (χ2n) is 3.99. The molecule has 0 bridgehead atoms. The molecule has 17 heavy (non-hydrogen) atoms. The molecule has 0 unspecified atom stereocenters. The summed E-state index contributed by atoms with van der Waals surface area (Å²) in [5.74, 6) is 0.262. The Morgan fingerprint density at radius 2 is 2.12 bits per heavy atom. The number of ether oxygens (including phenoxy) is 1. The van der Waals surface area contributed by atoms with Crippen LogP contribution >= 0.6 is 0 Å². The number of carbonyl (C=O) groups is 1. The van der Waals surface area contributed by atoms with Gasteiger partial charge in [-0.25, -0.2) is 0 Å². The van der Waals surface area contributed by atoms with Gasteiger partial charge in [-0.3, -0.25) is 4.79 Å². The van der Waals surface area contributed by atoms with E-state index in [2.05, 4.69) is 10.2 Å². The van der Waals surface area contributed by atoms with Gasteiger partial charge in [0, 0.05) is 31.7 Å². The first-order valence-electron chi connectivity index (χ1n) is 5.66. The van der Waals surface area contributed by atoms with E-state index in [1.165, 1.54) is 0 Å². The predicted octanol–water partition coefficient (Wildman–Crippen LogP) is 0.204. The van der Waals surface area contributed by atoms with Crippen LogP contribution < -0.4 is 20.7 Å². The number of hydrogen-bond donors (Lipinski definition) is 2. The summed E-state index contributed by atoms with van der Waals surface area (Å²) in [6.45, 7) is 3.79. The molecule has 1 aliphatic heterocycles. The van der Waals surface area contributed by atoms with E-state index in [1.807, 2.05) is 6.07 Å². The SMILES string of the molecule is COc1cc(C(N)=O)ccc1N1CCNCC1. The van der Waals surface area contributed by atoms with Crippen LogP contribution in [0.3, 0.4) is 0 Å². The van der Waals surface area contributed by atoms with E-state index in [1.54, 1.807) is 19.2 Å². The monoisotopic (exact) mass is 235 g/mol. The van der Waals surface area contributed by atoms with E-state index >= 15 is 0 Å². The molecule has 92 valence electrons. The maximum absolute atomic E-state index is 11.1. The van der Waals surface area contributed by atoms with Crippen molar-refractivity contribution in [1.29, 1.82) is 0 Å². The van der Waals surface area contributed by atoms with Gasteiger partial charge in [-0.15, -0.1) is 0 Å². The van der Waals surface area contributed by atoms with E-state index in [0.29, 0.717) is 11.3 Å². The Morgan fingerprint density at radius 1 is 1.41 bits per heavy atom. The van der Waals surface area contributed by atoms with E-state index in [0.717, 1.165) is 31.9 Å². The Bertz CT molecular complexity index is 414. The summed E-state index contributed by atoms with van der Waals surface area (Å²) in [5, 5.41) is 3.29. The number of nitrogens with one attached hydrogen (secondary N) is 1. The van der Waals surface area contributed by atoms with Crippen LogP contribution in [0.1, 0.15) is 10.4 Å². The van der Waals surface area contributed by atoms with Crippen LogP contribution in [0, 0.1) is 0 Å². The summed E-state index contributed by atoms with van der Waals surface area (Å²) >= 11 is 0. The molecule has 0 radical (unpaired) electrons. The summed E-state index contributed by atoms with van der Waals surface area (Å²) in [6.07, 6.45) is 0. The molecule has 0 atom stereocenters. The first-order chi connectivity index (χ1) is 8.22. The fourth-order valence-corrected chi connectivity index (χ4v) is 2.00. The number of primary amides is 1. The fourth-order valence-electron chi connectivity index (χ4n) is 2.00. The first kappa shape index (κ1) is 11.7. The molecule has 2 rings (SSSR count). The lowest BCUT2D eigenvalue weighted by Crippen LogP contribution is -2.43. The van der Waals surface area contributed by atoms with Gasteiger partial charge >= 0.3 is 0 Å². The Morgan fingerprint density at radius 3 is 2.71 bits per heavy atom. The summed E-state index contributed by atoms with van der Waals surface area (Å²) in [6, 6.07) is 5.33. The molecule has 1 amide bonds. The standard InChI is InChI=1S/C12H17N3O2/c1-17-11-8-9(12(13)16)2-3-10(11)15-6-4-14-5-7-15/h2-3,8,14H,4-7H2,1H3,(H2,13,16). The number of piperazine rings is 1. The zero-order valence-corrected chi connectivity index (χ0v) is 9.90. The number of rotatable bonds is 3. The average molecular weight is 235 g/mol. The molecule has 0 spiro atoms. The number of carbonyl (C=O) groups excluding carboxylic acids is 1. The minimum Gasteiger partial charge on any atom is -0.495 e. The predicted molar refractivity (Wildman–Crippen MR) is 66.6 cm³/mol. The zero-order chi connectivity index (χ0) is 12.3. The maximum atomic E-state index is 11.1. The molecule has 5 heteroatoms. The molecule has 1 aromatic carbocycles. The van der Waals surface area contributed by atoms with Gasteiger partial charge in [-0.1, -0.05) is 0 Å². The second-order valence-corrected chi connectivity index (χ2v) is 3.99. The van der Waals surface area contributed by atoms with Gasteiger partial charge in [0.2, 0.25) is 5.91 Å². The summed E-state index contributed by atoms with van der Waals surface area (Å²) in [5.41, 5.74) is 6.73. The number of amides is 1. The molecule has 1 heterocycles. The number of methoxy groups -OCH3 is 1. The van der Waals surface area contributed by atoms with Crippen LogP contribution in [0.2, 0.25) is 0 Å². The highest BCUT2D eigenvalue weighted by atomic mass is 16.5. The van der Waals surface area contributed by atoms with E-state index in [4.69, 9.17) is 10.5 Å². The molecular formula is C12H17N3O2. The van der Waals surface area contributed by atoms with Crippen molar-refractivity contribution in [1.82, 2.24) is 5.32 Å². The maximum Gasteiger partial charge on any atom is 0.248 e. The summed E-state index contributed by atoms with van der Waals surface area (Å²) < 4.78 is 5.32. The number of nitrogens with two attached hydrogens (primary N) is 1. The van der Waals surface area contributed by atoms with Gasteiger partial charge < -0.3 is 20.7 Å². The third kappa shape index (κ3) is 2.50. The number of hydrogen-bond acceptors (Lipinski definition) is 4. The molecule has 0 aliphatic carbocycles. The first-order valence-corrected chi connectivity index (χ1v) is 5.66. The quantitative estimate of drug-likeness (QED) is 0.785. The van der Waals surface area contributed by atoms with Crippen molar-refractivity contribution in [3.05, 3.63) is 23.8 Å². The van der Waals surface area contributed by atoms with Crippen molar-refractivity contribution >= 4 is 11.6 Å². The molecule has 1 fully saturated rings. The van der Waals surface area contributed by atoms with Gasteiger partial charge in [0.15, 0.2) is 0 Å². The van der Waals surface area contributed by atoms with Crippen molar-refractivity contribution < 1.29 is 9.53 Å². The van der Waals surface area contributed by atoms with Crippen LogP contribution in [-0.4, -0.2) is 39.2 Å². The Hall–Kier alpha value is -1.75. The minimum absolute atomic E-state index is 0.435. The van der Waals surface area contributed by atoms with Gasteiger partial charge in [0.05, 0.1) is 12.8 Å². The van der Waals surface area contributed by atoms with Crippen LogP contribution in [0.15, 0.2) is 18.2 Å². The topological polar surface area (TPSA) is 67.6 Å². The van der Waals surface area contributed by atoms with Crippen molar-refractivity contribution in [2.24, 2.45) is 5.73 Å². The minimum atomic E-state index is -0.435. The van der Waals surface area contributed by atoms with Crippen LogP contribution in [0.4, 0.5) is 5.69 Å². The van der Waals surface area contributed by atoms with Gasteiger partial charge in [-0.2, -0.15) is 0 Å². The van der Waals surface area contributed by atoms with Crippen LogP contribution in [0.5, 0.6) is 5.75 Å². The molecule has 1 aliphatic rings. The Kier molecular flexibility index (Phi) is 3.49. The van der Waals surface area contributed by atoms with E-state index in [-0.39, 0.29) is 0 Å². The number of benzene rings is 1. The Labute approximate surface area is 101 Å². The highest BCUT2D eigenvalue weighted by molar-refractivity contribution is 5.94. The molecular weight excluding hydrogens is 218 g/mol. The molecule has 5 nitrogen and oxygen atoms in total. The van der Waals surface area contributed by atoms with Crippen molar-refractivity contribution in [3.63, 3.8) is 0 Å². The lowest BCUT2D eigenvalue weighted by molar-refractivity contribution is 0.1000. The van der Waals surface area contributed by atoms with E-state index < -0.39 is 5.91 Å². The normalized spacial score (nSPS) is 15.7. The Balaban J connectivity index is 2.29. The van der Waals surface area contributed by atoms with Crippen molar-refractivity contribution in [2.45, 2.75) is 0 Å². The third-order valence-corrected chi connectivity index (χ3v) is 2.92. The highest BCUT2D eigenvalue weighted by Gasteiger charge is 2.15. The highest BCUT2D eigenvalue weighted by Crippen LogP contribution is 2.29. The number of anilines is 1. The fraction of sp³-hybridized carbons (Fsp3) is 0.417. The number of nitrogens with zero attached hydrogens (tertiary/aromatic N) is 1. The van der Waals surface area contributed by atoms with Crippen molar-refractivity contribution in [3.8, 4) is 5.75 Å². The lowest BCUT2D eigenvalue weighted by Gasteiger charge is -2.30. The lowest BCUT2D eigenvalue weighted by atomic mass is 10.1. The van der Waals surface area contributed by atoms with Gasteiger partial charge in [0.25, 0.3) is 0 Å². The second kappa shape index (κ2) is 5.05. The molecule has 0 saturated carbocycles.